The number of allylic oxidation sites excluding steroid dienone is 4. The van der Waals surface area contributed by atoms with E-state index in [0.29, 0.717) is 5.31 Å². The normalized spacial score (nSPS) is 12.6. The average molecular weight is 146 g/mol. The molecule has 1 atom stereocenters. The maximum absolute atomic E-state index is 12.3. The highest BCUT2D eigenvalue weighted by molar-refractivity contribution is 7.23. The minimum absolute atomic E-state index is 0.138. The highest BCUT2D eigenvalue weighted by Crippen LogP contribution is 2.15. The van der Waals surface area contributed by atoms with E-state index in [9.17, 15) is 4.39 Å². The zero-order valence-electron chi connectivity index (χ0n) is 6.03. The number of hydrogen-bond acceptors (Lipinski definition) is 0. The molecule has 0 aromatic rings. The quantitative estimate of drug-likeness (QED) is 0.394. The van der Waals surface area contributed by atoms with Gasteiger partial charge in [0, 0.05) is 5.31 Å². The molecule has 0 aliphatic carbocycles. The molecule has 0 aromatic heterocycles. The highest BCUT2D eigenvalue weighted by atomic mass is 31.0. The van der Waals surface area contributed by atoms with Crippen molar-refractivity contribution in [1.82, 2.24) is 0 Å². The van der Waals surface area contributed by atoms with Gasteiger partial charge in [-0.1, -0.05) is 11.6 Å². The first-order valence-corrected chi connectivity index (χ1v) is 3.38. The maximum atomic E-state index is 12.3. The molecule has 0 nitrogen and oxygen atoms in total. The largest absolute Gasteiger partial charge is 0.211 e. The van der Waals surface area contributed by atoms with Gasteiger partial charge in [0.15, 0.2) is 0 Å². The lowest BCUT2D eigenvalue weighted by molar-refractivity contribution is 0.638. The molecule has 0 aromatic carbocycles. The van der Waals surface area contributed by atoms with E-state index in [0.717, 1.165) is 5.57 Å². The van der Waals surface area contributed by atoms with Crippen LogP contribution in [0.4, 0.5) is 4.39 Å². The molecule has 0 amide bonds. The third-order valence-electron chi connectivity index (χ3n) is 0.842. The van der Waals surface area contributed by atoms with Crippen LogP contribution >= 0.6 is 9.24 Å². The lowest BCUT2D eigenvalue weighted by atomic mass is 10.3. The predicted molar refractivity (Wildman–Crippen MR) is 42.9 cm³/mol. The van der Waals surface area contributed by atoms with Gasteiger partial charge in [-0.25, -0.2) is 4.39 Å². The van der Waals surface area contributed by atoms with Crippen molar-refractivity contribution in [1.29, 1.82) is 0 Å². The Bertz CT molecular complexity index is 148. The van der Waals surface area contributed by atoms with Gasteiger partial charge >= 0.3 is 0 Å². The van der Waals surface area contributed by atoms with E-state index in [-0.39, 0.29) is 5.83 Å². The van der Waals surface area contributed by atoms with Crippen molar-refractivity contribution in [2.45, 2.75) is 20.8 Å². The molecule has 0 heterocycles. The Hall–Kier alpha value is -0.160. The van der Waals surface area contributed by atoms with Gasteiger partial charge in [0.05, 0.1) is 0 Å². The summed E-state index contributed by atoms with van der Waals surface area (Å²) >= 11 is 0. The van der Waals surface area contributed by atoms with Crippen molar-refractivity contribution in [3.8, 4) is 0 Å². The van der Waals surface area contributed by atoms with E-state index in [4.69, 9.17) is 0 Å². The molecule has 0 aliphatic heterocycles. The summed E-state index contributed by atoms with van der Waals surface area (Å²) in [7, 11) is 2.35. The van der Waals surface area contributed by atoms with Crippen molar-refractivity contribution in [3.63, 3.8) is 0 Å². The Labute approximate surface area is 58.0 Å². The second-order valence-electron chi connectivity index (χ2n) is 2.21. The summed E-state index contributed by atoms with van der Waals surface area (Å²) in [6, 6.07) is 0. The average Bonchev–Trinajstić information content (AvgIpc) is 1.63. The van der Waals surface area contributed by atoms with Crippen LogP contribution in [0.1, 0.15) is 20.8 Å². The Morgan fingerprint density at radius 1 is 1.33 bits per heavy atom. The Kier molecular flexibility index (Phi) is 3.72. The van der Waals surface area contributed by atoms with Crippen LogP contribution in [0.25, 0.3) is 0 Å². The first-order valence-electron chi connectivity index (χ1n) is 2.81. The van der Waals surface area contributed by atoms with E-state index in [1.807, 2.05) is 13.8 Å². The van der Waals surface area contributed by atoms with E-state index in [2.05, 4.69) is 9.24 Å². The van der Waals surface area contributed by atoms with Crippen LogP contribution in [0.2, 0.25) is 0 Å². The van der Waals surface area contributed by atoms with E-state index >= 15 is 0 Å². The van der Waals surface area contributed by atoms with Gasteiger partial charge in [0.1, 0.15) is 5.83 Å². The van der Waals surface area contributed by atoms with Crippen LogP contribution < -0.4 is 0 Å². The zero-order valence-corrected chi connectivity index (χ0v) is 7.19. The highest BCUT2D eigenvalue weighted by Gasteiger charge is 1.88. The lowest BCUT2D eigenvalue weighted by Crippen LogP contribution is -1.69. The van der Waals surface area contributed by atoms with Gasteiger partial charge in [-0.15, -0.1) is 9.24 Å². The molecule has 0 fully saturated rings. The standard InChI is InChI=1S/C7H12FP/c1-5(2)4-7(9)6(3)8/h4H,9H2,1-3H3/b7-6-. The first kappa shape index (κ1) is 8.84. The van der Waals surface area contributed by atoms with Gasteiger partial charge < -0.3 is 0 Å². The predicted octanol–water partition coefficient (Wildman–Crippen LogP) is 3.03. The van der Waals surface area contributed by atoms with Gasteiger partial charge in [0.2, 0.25) is 0 Å². The fourth-order valence-corrected chi connectivity index (χ4v) is 0.744. The van der Waals surface area contributed by atoms with E-state index in [1.165, 1.54) is 6.92 Å². The lowest BCUT2D eigenvalue weighted by Gasteiger charge is -1.92. The van der Waals surface area contributed by atoms with Gasteiger partial charge in [-0.2, -0.15) is 0 Å². The number of hydrogen-bond donors (Lipinski definition) is 0. The molecule has 0 bridgehead atoms. The molecule has 2 heteroatoms. The summed E-state index contributed by atoms with van der Waals surface area (Å²) in [5, 5.41) is 0.634. The molecule has 1 unspecified atom stereocenters. The SMILES string of the molecule is CC(C)=C/C(P)=C(\C)F. The summed E-state index contributed by atoms with van der Waals surface area (Å²) in [6.07, 6.45) is 1.79. The fraction of sp³-hybridized carbons (Fsp3) is 0.429. The fourth-order valence-electron chi connectivity index (χ4n) is 0.410. The molecule has 0 saturated carbocycles. The summed E-state index contributed by atoms with van der Waals surface area (Å²) in [6.45, 7) is 5.32. The molecule has 0 spiro atoms. The Morgan fingerprint density at radius 3 is 1.89 bits per heavy atom. The minimum Gasteiger partial charge on any atom is -0.211 e. The van der Waals surface area contributed by atoms with Crippen LogP contribution in [0.15, 0.2) is 22.8 Å². The van der Waals surface area contributed by atoms with Crippen molar-refractivity contribution < 1.29 is 4.39 Å². The minimum atomic E-state index is -0.138. The van der Waals surface area contributed by atoms with Gasteiger partial charge in [-0.3, -0.25) is 0 Å². The summed E-state index contributed by atoms with van der Waals surface area (Å²) in [4.78, 5) is 0. The zero-order chi connectivity index (χ0) is 7.44. The third-order valence-corrected chi connectivity index (χ3v) is 1.41. The van der Waals surface area contributed by atoms with Crippen LogP contribution in [0.3, 0.4) is 0 Å². The molecule has 0 N–H and O–H groups in total. The van der Waals surface area contributed by atoms with E-state index in [1.54, 1.807) is 6.08 Å². The van der Waals surface area contributed by atoms with Crippen molar-refractivity contribution in [2.75, 3.05) is 0 Å². The Balaban J connectivity index is 4.25. The Morgan fingerprint density at radius 2 is 1.78 bits per heavy atom. The second kappa shape index (κ2) is 3.79. The van der Waals surface area contributed by atoms with Gasteiger partial charge in [-0.05, 0) is 20.8 Å². The number of rotatable bonds is 1. The van der Waals surface area contributed by atoms with Crippen molar-refractivity contribution >= 4 is 9.24 Å². The van der Waals surface area contributed by atoms with Crippen molar-refractivity contribution in [3.05, 3.63) is 22.8 Å². The summed E-state index contributed by atoms with van der Waals surface area (Å²) < 4.78 is 12.3. The summed E-state index contributed by atoms with van der Waals surface area (Å²) in [5.41, 5.74) is 1.11. The molecular formula is C7H12FP. The second-order valence-corrected chi connectivity index (χ2v) is 2.83. The third kappa shape index (κ3) is 4.35. The first-order chi connectivity index (χ1) is 4.04. The molecule has 9 heavy (non-hydrogen) atoms. The van der Waals surface area contributed by atoms with Crippen LogP contribution in [0.5, 0.6) is 0 Å². The summed E-state index contributed by atoms with van der Waals surface area (Å²) in [5.74, 6) is -0.138. The number of halogens is 1. The van der Waals surface area contributed by atoms with Crippen LogP contribution in [-0.4, -0.2) is 0 Å². The molecular weight excluding hydrogens is 134 g/mol. The molecule has 52 valence electrons. The maximum Gasteiger partial charge on any atom is 0.104 e. The van der Waals surface area contributed by atoms with Crippen molar-refractivity contribution in [2.24, 2.45) is 0 Å². The van der Waals surface area contributed by atoms with Gasteiger partial charge in [0.25, 0.3) is 0 Å². The van der Waals surface area contributed by atoms with Crippen LogP contribution in [0, 0.1) is 0 Å². The smallest absolute Gasteiger partial charge is 0.104 e. The molecule has 0 rings (SSSR count). The van der Waals surface area contributed by atoms with Crippen LogP contribution in [-0.2, 0) is 0 Å². The molecule has 0 saturated heterocycles. The molecule has 0 aliphatic rings. The topological polar surface area (TPSA) is 0 Å². The monoisotopic (exact) mass is 146 g/mol. The molecule has 0 radical (unpaired) electrons. The van der Waals surface area contributed by atoms with E-state index < -0.39 is 0 Å².